The van der Waals surface area contributed by atoms with Gasteiger partial charge in [0.05, 0.1) is 26.9 Å². The highest BCUT2D eigenvalue weighted by Gasteiger charge is 2.27. The molecule has 1 heterocycles. The summed E-state index contributed by atoms with van der Waals surface area (Å²) < 4.78 is 15.9. The second-order valence-electron chi connectivity index (χ2n) is 6.78. The molecule has 0 aliphatic carbocycles. The Kier molecular flexibility index (Phi) is 6.59. The molecule has 1 aliphatic rings. The van der Waals surface area contributed by atoms with Crippen molar-refractivity contribution in [1.29, 1.82) is 0 Å². The van der Waals surface area contributed by atoms with Crippen molar-refractivity contribution in [2.24, 2.45) is 0 Å². The van der Waals surface area contributed by atoms with E-state index < -0.39 is 0 Å². The molecule has 154 valence electrons. The monoisotopic (exact) mass is 398 g/mol. The fourth-order valence-corrected chi connectivity index (χ4v) is 3.55. The van der Waals surface area contributed by atoms with E-state index in [1.54, 1.807) is 42.3 Å². The lowest BCUT2D eigenvalue weighted by molar-refractivity contribution is 0.0694. The summed E-state index contributed by atoms with van der Waals surface area (Å²) in [6, 6.07) is 12.4. The number of carbonyl (C=O) groups is 2. The Morgan fingerprint density at radius 2 is 1.41 bits per heavy atom. The topological polar surface area (TPSA) is 77.1 Å². The van der Waals surface area contributed by atoms with Crippen molar-refractivity contribution in [3.8, 4) is 17.2 Å². The Morgan fingerprint density at radius 3 is 2.00 bits per heavy atom. The number of benzene rings is 2. The Hall–Kier alpha value is -3.22. The molecule has 3 rings (SSSR count). The molecule has 0 atom stereocenters. The lowest BCUT2D eigenvalue weighted by atomic mass is 10.0. The van der Waals surface area contributed by atoms with Crippen LogP contribution in [0.2, 0.25) is 0 Å². The number of methoxy groups -OCH3 is 3. The highest BCUT2D eigenvalue weighted by molar-refractivity contribution is 6.00. The zero-order chi connectivity index (χ0) is 20.8. The summed E-state index contributed by atoms with van der Waals surface area (Å²) in [4.78, 5) is 27.4. The van der Waals surface area contributed by atoms with Crippen molar-refractivity contribution < 1.29 is 23.8 Å². The van der Waals surface area contributed by atoms with Gasteiger partial charge in [-0.25, -0.2) is 0 Å². The molecule has 0 radical (unpaired) electrons. The fourth-order valence-electron chi connectivity index (χ4n) is 3.55. The van der Waals surface area contributed by atoms with Crippen molar-refractivity contribution in [2.45, 2.75) is 18.9 Å². The largest absolute Gasteiger partial charge is 0.496 e. The van der Waals surface area contributed by atoms with Gasteiger partial charge in [-0.15, -0.1) is 0 Å². The predicted octanol–water partition coefficient (Wildman–Crippen LogP) is 2.75. The molecule has 2 aromatic rings. The van der Waals surface area contributed by atoms with Crippen LogP contribution in [0.4, 0.5) is 0 Å². The van der Waals surface area contributed by atoms with E-state index >= 15 is 0 Å². The van der Waals surface area contributed by atoms with Crippen LogP contribution in [0, 0.1) is 0 Å². The molecular weight excluding hydrogens is 372 g/mol. The summed E-state index contributed by atoms with van der Waals surface area (Å²) in [6.07, 6.45) is 1.34. The van der Waals surface area contributed by atoms with Crippen molar-refractivity contribution in [3.63, 3.8) is 0 Å². The molecule has 0 bridgehead atoms. The lowest BCUT2D eigenvalue weighted by Gasteiger charge is -2.32. The number of rotatable bonds is 6. The van der Waals surface area contributed by atoms with Gasteiger partial charge < -0.3 is 24.4 Å². The van der Waals surface area contributed by atoms with Crippen LogP contribution >= 0.6 is 0 Å². The summed E-state index contributed by atoms with van der Waals surface area (Å²) in [5.74, 6) is 1.19. The van der Waals surface area contributed by atoms with E-state index in [4.69, 9.17) is 14.2 Å². The molecule has 1 N–H and O–H groups in total. The molecule has 0 aromatic heterocycles. The van der Waals surface area contributed by atoms with E-state index in [0.717, 1.165) is 0 Å². The molecule has 0 unspecified atom stereocenters. The van der Waals surface area contributed by atoms with Crippen molar-refractivity contribution in [1.82, 2.24) is 10.2 Å². The molecule has 1 saturated heterocycles. The average Bonchev–Trinajstić information content (AvgIpc) is 2.78. The van der Waals surface area contributed by atoms with Gasteiger partial charge in [-0.2, -0.15) is 0 Å². The Balaban J connectivity index is 1.63. The van der Waals surface area contributed by atoms with Gasteiger partial charge in [0.15, 0.2) is 0 Å². The first kappa shape index (κ1) is 20.5. The number of hydrogen-bond acceptors (Lipinski definition) is 5. The number of piperidine rings is 1. The number of carbonyl (C=O) groups excluding carboxylic acids is 2. The van der Waals surface area contributed by atoms with Gasteiger partial charge in [0.1, 0.15) is 22.8 Å². The summed E-state index contributed by atoms with van der Waals surface area (Å²) in [5, 5.41) is 3.04. The van der Waals surface area contributed by atoms with E-state index in [0.29, 0.717) is 54.3 Å². The summed E-state index contributed by atoms with van der Waals surface area (Å²) in [6.45, 7) is 1.12. The molecule has 1 fully saturated rings. The van der Waals surface area contributed by atoms with E-state index in [1.165, 1.54) is 14.2 Å². The quantitative estimate of drug-likeness (QED) is 0.810. The molecule has 2 amide bonds. The Bertz CT molecular complexity index is 853. The summed E-state index contributed by atoms with van der Waals surface area (Å²) in [7, 11) is 4.60. The number of ether oxygens (including phenoxy) is 3. The Morgan fingerprint density at radius 1 is 0.862 bits per heavy atom. The number of nitrogens with zero attached hydrogens (tertiary/aromatic N) is 1. The van der Waals surface area contributed by atoms with Crippen LogP contribution in [0.1, 0.15) is 33.6 Å². The van der Waals surface area contributed by atoms with E-state index in [-0.39, 0.29) is 17.9 Å². The van der Waals surface area contributed by atoms with Gasteiger partial charge in [-0.05, 0) is 37.1 Å². The zero-order valence-corrected chi connectivity index (χ0v) is 16.9. The molecule has 0 saturated carbocycles. The molecule has 1 aliphatic heterocycles. The Labute approximate surface area is 170 Å². The van der Waals surface area contributed by atoms with E-state index in [9.17, 15) is 9.59 Å². The highest BCUT2D eigenvalue weighted by atomic mass is 16.5. The van der Waals surface area contributed by atoms with Crippen LogP contribution in [0.25, 0.3) is 0 Å². The number of amides is 2. The van der Waals surface area contributed by atoms with Crippen molar-refractivity contribution in [2.75, 3.05) is 34.4 Å². The predicted molar refractivity (Wildman–Crippen MR) is 109 cm³/mol. The van der Waals surface area contributed by atoms with E-state index in [2.05, 4.69) is 5.32 Å². The maximum Gasteiger partial charge on any atom is 0.259 e. The smallest absolute Gasteiger partial charge is 0.259 e. The average molecular weight is 398 g/mol. The van der Waals surface area contributed by atoms with Crippen LogP contribution in [0.3, 0.4) is 0 Å². The molecule has 7 nitrogen and oxygen atoms in total. The maximum atomic E-state index is 12.8. The standard InChI is InChI=1S/C22H26N2O5/c1-27-17-8-5-4-7-16(17)22(26)24-13-11-15(12-14-24)23-21(25)20-18(28-2)9-6-10-19(20)29-3/h4-10,15H,11-14H2,1-3H3,(H,23,25). The minimum Gasteiger partial charge on any atom is -0.496 e. The third-order valence-electron chi connectivity index (χ3n) is 5.11. The van der Waals surface area contributed by atoms with Gasteiger partial charge in [-0.1, -0.05) is 18.2 Å². The number of nitrogens with one attached hydrogen (secondary N) is 1. The van der Waals surface area contributed by atoms with Crippen molar-refractivity contribution in [3.05, 3.63) is 53.6 Å². The second kappa shape index (κ2) is 9.32. The van der Waals surface area contributed by atoms with Crippen molar-refractivity contribution >= 4 is 11.8 Å². The number of likely N-dealkylation sites (tertiary alicyclic amines) is 1. The van der Waals surface area contributed by atoms with Crippen LogP contribution < -0.4 is 19.5 Å². The normalized spacial score (nSPS) is 14.2. The minimum atomic E-state index is -0.242. The van der Waals surface area contributed by atoms with Gasteiger partial charge in [-0.3, -0.25) is 9.59 Å². The maximum absolute atomic E-state index is 12.8. The molecule has 7 heteroatoms. The first-order valence-electron chi connectivity index (χ1n) is 9.53. The fraction of sp³-hybridized carbons (Fsp3) is 0.364. The summed E-state index contributed by atoms with van der Waals surface area (Å²) >= 11 is 0. The first-order valence-corrected chi connectivity index (χ1v) is 9.53. The second-order valence-corrected chi connectivity index (χ2v) is 6.78. The van der Waals surface area contributed by atoms with Crippen LogP contribution in [0.5, 0.6) is 17.2 Å². The van der Waals surface area contributed by atoms with Crippen LogP contribution in [-0.2, 0) is 0 Å². The SMILES string of the molecule is COc1ccccc1C(=O)N1CCC(NC(=O)c2c(OC)cccc2OC)CC1. The third kappa shape index (κ3) is 4.45. The number of hydrogen-bond donors (Lipinski definition) is 1. The van der Waals surface area contributed by atoms with Gasteiger partial charge in [0, 0.05) is 19.1 Å². The van der Waals surface area contributed by atoms with Crippen LogP contribution in [-0.4, -0.2) is 57.2 Å². The van der Waals surface area contributed by atoms with Crippen LogP contribution in [0.15, 0.2) is 42.5 Å². The zero-order valence-electron chi connectivity index (χ0n) is 16.9. The van der Waals surface area contributed by atoms with Gasteiger partial charge in [0.2, 0.25) is 0 Å². The summed E-state index contributed by atoms with van der Waals surface area (Å²) in [5.41, 5.74) is 0.932. The first-order chi connectivity index (χ1) is 14.1. The minimum absolute atomic E-state index is 0.0289. The molecule has 29 heavy (non-hydrogen) atoms. The molecular formula is C22H26N2O5. The highest BCUT2D eigenvalue weighted by Crippen LogP contribution is 2.28. The molecule has 2 aromatic carbocycles. The van der Waals surface area contributed by atoms with Gasteiger partial charge >= 0.3 is 0 Å². The lowest BCUT2D eigenvalue weighted by Crippen LogP contribution is -2.46. The third-order valence-corrected chi connectivity index (χ3v) is 5.11. The van der Waals surface area contributed by atoms with Gasteiger partial charge in [0.25, 0.3) is 11.8 Å². The number of para-hydroxylation sites is 1. The van der Waals surface area contributed by atoms with E-state index in [1.807, 2.05) is 12.1 Å². The molecule has 0 spiro atoms.